The molecule has 22 heavy (non-hydrogen) atoms. The van der Waals surface area contributed by atoms with Crippen LogP contribution in [-0.4, -0.2) is 54.3 Å². The Hall–Kier alpha value is -1.20. The quantitative estimate of drug-likeness (QED) is 0.785. The second kappa shape index (κ2) is 7.88. The van der Waals surface area contributed by atoms with Gasteiger partial charge in [0.1, 0.15) is 11.6 Å². The molecular formula is C17H28N4O. The highest BCUT2D eigenvalue weighted by Gasteiger charge is 2.20. The van der Waals surface area contributed by atoms with Gasteiger partial charge in [0.2, 0.25) is 0 Å². The number of likely N-dealkylation sites (tertiary alicyclic amines) is 1. The zero-order chi connectivity index (χ0) is 15.2. The summed E-state index contributed by atoms with van der Waals surface area (Å²) in [5.41, 5.74) is 1.13. The molecule has 2 fully saturated rings. The van der Waals surface area contributed by atoms with E-state index in [-0.39, 0.29) is 0 Å². The first-order chi connectivity index (χ1) is 10.8. The number of rotatable bonds is 7. The van der Waals surface area contributed by atoms with Gasteiger partial charge in [-0.05, 0) is 58.7 Å². The van der Waals surface area contributed by atoms with E-state index in [2.05, 4.69) is 26.3 Å². The lowest BCUT2D eigenvalue weighted by Gasteiger charge is -2.14. The van der Waals surface area contributed by atoms with Crippen LogP contribution in [0.5, 0.6) is 0 Å². The second-order valence-electron chi connectivity index (χ2n) is 6.47. The maximum absolute atomic E-state index is 5.47. The lowest BCUT2D eigenvalue weighted by Crippen LogP contribution is -2.21. The molecule has 2 aliphatic rings. The molecule has 0 aromatic carbocycles. The number of ether oxygens (including phenoxy) is 1. The minimum absolute atomic E-state index is 0.442. The number of nitrogens with zero attached hydrogens (tertiary/aromatic N) is 3. The van der Waals surface area contributed by atoms with Gasteiger partial charge in [0.05, 0.1) is 12.3 Å². The smallest absolute Gasteiger partial charge is 0.129 e. The predicted octanol–water partition coefficient (Wildman–Crippen LogP) is 2.58. The van der Waals surface area contributed by atoms with Gasteiger partial charge in [-0.3, -0.25) is 0 Å². The summed E-state index contributed by atoms with van der Waals surface area (Å²) in [7, 11) is 0. The number of nitrogens with one attached hydrogen (secondary N) is 1. The fraction of sp³-hybridized carbons (Fsp3) is 0.765. The molecule has 0 bridgehead atoms. The van der Waals surface area contributed by atoms with Gasteiger partial charge >= 0.3 is 0 Å². The van der Waals surface area contributed by atoms with Crippen LogP contribution in [0, 0.1) is 6.92 Å². The van der Waals surface area contributed by atoms with Crippen LogP contribution in [0.25, 0.3) is 0 Å². The Balaban J connectivity index is 1.43. The van der Waals surface area contributed by atoms with Crippen molar-refractivity contribution in [2.75, 3.05) is 44.7 Å². The highest BCUT2D eigenvalue weighted by atomic mass is 16.5. The van der Waals surface area contributed by atoms with Crippen LogP contribution in [-0.2, 0) is 4.74 Å². The number of hydrogen-bond donors (Lipinski definition) is 1. The Bertz CT molecular complexity index is 468. The molecule has 0 radical (unpaired) electrons. The molecule has 0 aliphatic carbocycles. The van der Waals surface area contributed by atoms with Crippen molar-refractivity contribution in [3.05, 3.63) is 17.6 Å². The molecule has 0 amide bonds. The van der Waals surface area contributed by atoms with E-state index in [1.165, 1.54) is 45.3 Å². The molecule has 1 N–H and O–H groups in total. The van der Waals surface area contributed by atoms with Crippen LogP contribution in [0.2, 0.25) is 0 Å². The molecule has 2 aliphatic heterocycles. The zero-order valence-electron chi connectivity index (χ0n) is 13.7. The predicted molar refractivity (Wildman–Crippen MR) is 88.3 cm³/mol. The van der Waals surface area contributed by atoms with Crippen LogP contribution < -0.4 is 5.32 Å². The third-order valence-corrected chi connectivity index (χ3v) is 4.61. The van der Waals surface area contributed by atoms with Crippen molar-refractivity contribution >= 4 is 5.82 Å². The Labute approximate surface area is 133 Å². The molecule has 5 heteroatoms. The van der Waals surface area contributed by atoms with Crippen LogP contribution >= 0.6 is 0 Å². The molecular weight excluding hydrogens is 276 g/mol. The van der Waals surface area contributed by atoms with Crippen LogP contribution in [0.15, 0.2) is 6.07 Å². The zero-order valence-corrected chi connectivity index (χ0v) is 13.7. The highest BCUT2D eigenvalue weighted by molar-refractivity contribution is 5.37. The average Bonchev–Trinajstić information content (AvgIpc) is 3.20. The number of unbranched alkanes of at least 4 members (excludes halogenated alkanes) is 1. The van der Waals surface area contributed by atoms with E-state index in [1.54, 1.807) is 0 Å². The van der Waals surface area contributed by atoms with E-state index in [1.807, 2.05) is 6.92 Å². The number of aryl methyl sites for hydroxylation is 1. The molecule has 122 valence electrons. The van der Waals surface area contributed by atoms with Crippen molar-refractivity contribution in [3.63, 3.8) is 0 Å². The first-order valence-corrected chi connectivity index (χ1v) is 8.71. The SMILES string of the molecule is Cc1nc(NCCCCN2CCCC2)cc([C@H]2CCOC2)n1. The highest BCUT2D eigenvalue weighted by Crippen LogP contribution is 2.25. The van der Waals surface area contributed by atoms with Gasteiger partial charge < -0.3 is 15.0 Å². The summed E-state index contributed by atoms with van der Waals surface area (Å²) < 4.78 is 5.47. The van der Waals surface area contributed by atoms with Gasteiger partial charge in [-0.25, -0.2) is 9.97 Å². The molecule has 2 saturated heterocycles. The van der Waals surface area contributed by atoms with Gasteiger partial charge in [0, 0.05) is 25.1 Å². The standard InChI is InChI=1S/C17H28N4O/c1-14-19-16(15-6-11-22-13-15)12-17(20-14)18-7-2-3-8-21-9-4-5-10-21/h12,15H,2-11,13H2,1H3,(H,18,19,20)/t15-/m0/s1. The van der Waals surface area contributed by atoms with Gasteiger partial charge in [-0.2, -0.15) is 0 Å². The fourth-order valence-corrected chi connectivity index (χ4v) is 3.34. The number of anilines is 1. The minimum Gasteiger partial charge on any atom is -0.381 e. The van der Waals surface area contributed by atoms with E-state index in [0.29, 0.717) is 5.92 Å². The molecule has 3 rings (SSSR count). The molecule has 1 atom stereocenters. The monoisotopic (exact) mass is 304 g/mol. The van der Waals surface area contributed by atoms with Crippen molar-refractivity contribution in [3.8, 4) is 0 Å². The molecule has 5 nitrogen and oxygen atoms in total. The van der Waals surface area contributed by atoms with Crippen LogP contribution in [0.3, 0.4) is 0 Å². The first-order valence-electron chi connectivity index (χ1n) is 8.71. The summed E-state index contributed by atoms with van der Waals surface area (Å²) in [4.78, 5) is 11.7. The maximum Gasteiger partial charge on any atom is 0.129 e. The van der Waals surface area contributed by atoms with Crippen LogP contribution in [0.1, 0.15) is 49.5 Å². The summed E-state index contributed by atoms with van der Waals surface area (Å²) in [6, 6.07) is 2.10. The first kappa shape index (κ1) is 15.7. The summed E-state index contributed by atoms with van der Waals surface area (Å²) in [5.74, 6) is 2.26. The van der Waals surface area contributed by atoms with E-state index in [9.17, 15) is 0 Å². The molecule has 0 spiro atoms. The average molecular weight is 304 g/mol. The van der Waals surface area contributed by atoms with Crippen molar-refractivity contribution in [2.45, 2.75) is 44.9 Å². The van der Waals surface area contributed by atoms with Gasteiger partial charge in [0.25, 0.3) is 0 Å². The van der Waals surface area contributed by atoms with E-state index < -0.39 is 0 Å². The third kappa shape index (κ3) is 4.40. The largest absolute Gasteiger partial charge is 0.381 e. The van der Waals surface area contributed by atoms with E-state index in [4.69, 9.17) is 4.74 Å². The Morgan fingerprint density at radius 2 is 2.14 bits per heavy atom. The Morgan fingerprint density at radius 3 is 2.91 bits per heavy atom. The van der Waals surface area contributed by atoms with Gasteiger partial charge in [0.15, 0.2) is 0 Å². The number of hydrogen-bond acceptors (Lipinski definition) is 5. The summed E-state index contributed by atoms with van der Waals surface area (Å²) in [6.45, 7) is 8.45. The molecule has 1 aromatic rings. The van der Waals surface area contributed by atoms with E-state index in [0.717, 1.165) is 43.5 Å². The van der Waals surface area contributed by atoms with Crippen molar-refractivity contribution in [1.82, 2.24) is 14.9 Å². The third-order valence-electron chi connectivity index (χ3n) is 4.61. The minimum atomic E-state index is 0.442. The maximum atomic E-state index is 5.47. The normalized spacial score (nSPS) is 22.3. The molecule has 0 saturated carbocycles. The van der Waals surface area contributed by atoms with Crippen molar-refractivity contribution in [1.29, 1.82) is 0 Å². The summed E-state index contributed by atoms with van der Waals surface area (Å²) in [6.07, 6.45) is 6.30. The molecule has 0 unspecified atom stereocenters. The fourth-order valence-electron chi connectivity index (χ4n) is 3.34. The summed E-state index contributed by atoms with van der Waals surface area (Å²) >= 11 is 0. The number of aromatic nitrogens is 2. The van der Waals surface area contributed by atoms with Crippen LogP contribution in [0.4, 0.5) is 5.82 Å². The Kier molecular flexibility index (Phi) is 5.62. The lowest BCUT2D eigenvalue weighted by atomic mass is 10.0. The lowest BCUT2D eigenvalue weighted by molar-refractivity contribution is 0.193. The Morgan fingerprint density at radius 1 is 1.27 bits per heavy atom. The van der Waals surface area contributed by atoms with Gasteiger partial charge in [-0.1, -0.05) is 0 Å². The topological polar surface area (TPSA) is 50.3 Å². The van der Waals surface area contributed by atoms with Crippen molar-refractivity contribution < 1.29 is 4.74 Å². The van der Waals surface area contributed by atoms with Crippen molar-refractivity contribution in [2.24, 2.45) is 0 Å². The molecule has 3 heterocycles. The summed E-state index contributed by atoms with van der Waals surface area (Å²) in [5, 5.41) is 3.46. The van der Waals surface area contributed by atoms with E-state index >= 15 is 0 Å². The van der Waals surface area contributed by atoms with Gasteiger partial charge in [-0.15, -0.1) is 0 Å². The molecule has 1 aromatic heterocycles. The second-order valence-corrected chi connectivity index (χ2v) is 6.47.